The number of rotatable bonds is 2. The molecule has 0 saturated heterocycles. The third-order valence-corrected chi connectivity index (χ3v) is 4.07. The van der Waals surface area contributed by atoms with Gasteiger partial charge in [0.15, 0.2) is 0 Å². The Morgan fingerprint density at radius 2 is 1.70 bits per heavy atom. The van der Waals surface area contributed by atoms with Crippen molar-refractivity contribution in [1.82, 2.24) is 0 Å². The summed E-state index contributed by atoms with van der Waals surface area (Å²) in [5, 5.41) is 8.73. The molecule has 0 bridgehead atoms. The fraction of sp³-hybridized carbons (Fsp3) is 0.235. The Hall–Kier alpha value is -1.79. The molecule has 0 aromatic heterocycles. The molecule has 102 valence electrons. The van der Waals surface area contributed by atoms with Crippen molar-refractivity contribution in [2.45, 2.75) is 36.0 Å². The number of benzene rings is 2. The molecule has 0 aliphatic heterocycles. The Bertz CT molecular complexity index is 648. The molecular formula is C17H16FNS. The maximum atomic E-state index is 13.8. The third kappa shape index (κ3) is 3.40. The third-order valence-electron chi connectivity index (χ3n) is 3.01. The molecule has 0 aliphatic rings. The van der Waals surface area contributed by atoms with Gasteiger partial charge in [0.05, 0.1) is 11.6 Å². The first-order valence-electron chi connectivity index (χ1n) is 6.38. The summed E-state index contributed by atoms with van der Waals surface area (Å²) >= 11 is 1.37. The SMILES string of the molecule is CC(C)(C)c1ccc(Sc2ccc(C#N)cc2F)cc1. The van der Waals surface area contributed by atoms with Crippen LogP contribution in [-0.2, 0) is 5.41 Å². The van der Waals surface area contributed by atoms with Crippen LogP contribution in [0.5, 0.6) is 0 Å². The van der Waals surface area contributed by atoms with Crippen molar-refractivity contribution in [3.63, 3.8) is 0 Å². The van der Waals surface area contributed by atoms with E-state index in [-0.39, 0.29) is 11.2 Å². The van der Waals surface area contributed by atoms with E-state index in [1.165, 1.54) is 23.4 Å². The van der Waals surface area contributed by atoms with Crippen molar-refractivity contribution in [3.8, 4) is 6.07 Å². The Morgan fingerprint density at radius 1 is 1.05 bits per heavy atom. The van der Waals surface area contributed by atoms with E-state index in [1.807, 2.05) is 18.2 Å². The van der Waals surface area contributed by atoms with Gasteiger partial charge in [-0.1, -0.05) is 44.7 Å². The average Bonchev–Trinajstić information content (AvgIpc) is 2.40. The Morgan fingerprint density at radius 3 is 2.20 bits per heavy atom. The van der Waals surface area contributed by atoms with Crippen molar-refractivity contribution in [2.75, 3.05) is 0 Å². The van der Waals surface area contributed by atoms with Gasteiger partial charge < -0.3 is 0 Å². The molecule has 0 radical (unpaired) electrons. The van der Waals surface area contributed by atoms with Crippen molar-refractivity contribution in [3.05, 3.63) is 59.4 Å². The summed E-state index contributed by atoms with van der Waals surface area (Å²) in [6.07, 6.45) is 0. The first-order chi connectivity index (χ1) is 9.40. The fourth-order valence-corrected chi connectivity index (χ4v) is 2.62. The lowest BCUT2D eigenvalue weighted by Gasteiger charge is -2.19. The van der Waals surface area contributed by atoms with Crippen LogP contribution in [0, 0.1) is 17.1 Å². The highest BCUT2D eigenvalue weighted by Crippen LogP contribution is 2.32. The molecule has 0 atom stereocenters. The Labute approximate surface area is 123 Å². The molecule has 0 unspecified atom stereocenters. The van der Waals surface area contributed by atoms with Crippen molar-refractivity contribution in [1.29, 1.82) is 5.26 Å². The molecule has 2 rings (SSSR count). The zero-order valence-corrected chi connectivity index (χ0v) is 12.6. The summed E-state index contributed by atoms with van der Waals surface area (Å²) in [7, 11) is 0. The number of halogens is 1. The number of hydrogen-bond donors (Lipinski definition) is 0. The topological polar surface area (TPSA) is 23.8 Å². The molecule has 2 aromatic rings. The highest BCUT2D eigenvalue weighted by Gasteiger charge is 2.13. The zero-order valence-electron chi connectivity index (χ0n) is 11.8. The van der Waals surface area contributed by atoms with E-state index in [0.717, 1.165) is 4.90 Å². The Balaban J connectivity index is 2.21. The molecule has 20 heavy (non-hydrogen) atoms. The molecule has 0 amide bonds. The molecule has 3 heteroatoms. The average molecular weight is 285 g/mol. The van der Waals surface area contributed by atoms with Crippen molar-refractivity contribution >= 4 is 11.8 Å². The van der Waals surface area contributed by atoms with E-state index < -0.39 is 0 Å². The predicted molar refractivity (Wildman–Crippen MR) is 80.4 cm³/mol. The second kappa shape index (κ2) is 5.68. The summed E-state index contributed by atoms with van der Waals surface area (Å²) in [5.74, 6) is -0.353. The predicted octanol–water partition coefficient (Wildman–Crippen LogP) is 5.15. The van der Waals surface area contributed by atoms with Gasteiger partial charge in [-0.3, -0.25) is 0 Å². The second-order valence-corrected chi connectivity index (χ2v) is 6.75. The normalized spacial score (nSPS) is 11.2. The maximum absolute atomic E-state index is 13.8. The highest BCUT2D eigenvalue weighted by atomic mass is 32.2. The first kappa shape index (κ1) is 14.6. The summed E-state index contributed by atoms with van der Waals surface area (Å²) in [4.78, 5) is 1.52. The number of nitrogens with zero attached hydrogens (tertiary/aromatic N) is 1. The molecule has 0 spiro atoms. The summed E-state index contributed by atoms with van der Waals surface area (Å²) < 4.78 is 13.8. The second-order valence-electron chi connectivity index (χ2n) is 5.63. The molecule has 0 saturated carbocycles. The van der Waals surface area contributed by atoms with Gasteiger partial charge in [0.1, 0.15) is 5.82 Å². The van der Waals surface area contributed by atoms with Gasteiger partial charge in [-0.15, -0.1) is 0 Å². The zero-order chi connectivity index (χ0) is 14.8. The van der Waals surface area contributed by atoms with Gasteiger partial charge in [0.25, 0.3) is 0 Å². The van der Waals surface area contributed by atoms with E-state index in [2.05, 4.69) is 32.9 Å². The Kier molecular flexibility index (Phi) is 4.15. The number of nitriles is 1. The fourth-order valence-electron chi connectivity index (χ4n) is 1.80. The largest absolute Gasteiger partial charge is 0.206 e. The monoisotopic (exact) mass is 285 g/mol. The van der Waals surface area contributed by atoms with Gasteiger partial charge in [-0.05, 0) is 41.3 Å². The smallest absolute Gasteiger partial charge is 0.138 e. The van der Waals surface area contributed by atoms with Crippen LogP contribution < -0.4 is 0 Å². The van der Waals surface area contributed by atoms with Crippen LogP contribution in [0.15, 0.2) is 52.3 Å². The van der Waals surface area contributed by atoms with Gasteiger partial charge in [-0.2, -0.15) is 5.26 Å². The summed E-state index contributed by atoms with van der Waals surface area (Å²) in [5.41, 5.74) is 1.71. The van der Waals surface area contributed by atoms with Crippen LogP contribution in [0.3, 0.4) is 0 Å². The molecular weight excluding hydrogens is 269 g/mol. The van der Waals surface area contributed by atoms with Gasteiger partial charge in [-0.25, -0.2) is 4.39 Å². The van der Waals surface area contributed by atoms with Crippen LogP contribution in [0.25, 0.3) is 0 Å². The van der Waals surface area contributed by atoms with E-state index in [4.69, 9.17) is 5.26 Å². The summed E-state index contributed by atoms with van der Waals surface area (Å²) in [6, 6.07) is 14.6. The lowest BCUT2D eigenvalue weighted by molar-refractivity contribution is 0.589. The van der Waals surface area contributed by atoms with E-state index in [9.17, 15) is 4.39 Å². The standard InChI is InChI=1S/C17H16FNS/c1-17(2,3)13-5-7-14(8-6-13)20-16-9-4-12(11-19)10-15(16)18/h4-10H,1-3H3. The van der Waals surface area contributed by atoms with Crippen molar-refractivity contribution < 1.29 is 4.39 Å². The van der Waals surface area contributed by atoms with E-state index in [0.29, 0.717) is 10.5 Å². The molecule has 2 aromatic carbocycles. The first-order valence-corrected chi connectivity index (χ1v) is 7.20. The summed E-state index contributed by atoms with van der Waals surface area (Å²) in [6.45, 7) is 6.49. The van der Waals surface area contributed by atoms with Crippen LogP contribution in [0.1, 0.15) is 31.9 Å². The molecule has 0 fully saturated rings. The number of hydrogen-bond acceptors (Lipinski definition) is 2. The molecule has 0 N–H and O–H groups in total. The van der Waals surface area contributed by atoms with Crippen molar-refractivity contribution in [2.24, 2.45) is 0 Å². The minimum Gasteiger partial charge on any atom is -0.206 e. The molecule has 0 heterocycles. The van der Waals surface area contributed by atoms with Crippen LogP contribution in [-0.4, -0.2) is 0 Å². The molecule has 1 nitrogen and oxygen atoms in total. The van der Waals surface area contributed by atoms with Gasteiger partial charge in [0, 0.05) is 9.79 Å². The lowest BCUT2D eigenvalue weighted by atomic mass is 9.87. The van der Waals surface area contributed by atoms with Gasteiger partial charge in [0.2, 0.25) is 0 Å². The minimum absolute atomic E-state index is 0.114. The van der Waals surface area contributed by atoms with Crippen LogP contribution in [0.4, 0.5) is 4.39 Å². The maximum Gasteiger partial charge on any atom is 0.138 e. The quantitative estimate of drug-likeness (QED) is 0.762. The lowest BCUT2D eigenvalue weighted by Crippen LogP contribution is -2.10. The van der Waals surface area contributed by atoms with E-state index >= 15 is 0 Å². The van der Waals surface area contributed by atoms with Crippen LogP contribution >= 0.6 is 11.8 Å². The van der Waals surface area contributed by atoms with Gasteiger partial charge >= 0.3 is 0 Å². The minimum atomic E-state index is -0.353. The molecule has 0 aliphatic carbocycles. The van der Waals surface area contributed by atoms with Crippen LogP contribution in [0.2, 0.25) is 0 Å². The highest BCUT2D eigenvalue weighted by molar-refractivity contribution is 7.99. The van der Waals surface area contributed by atoms with E-state index in [1.54, 1.807) is 12.1 Å².